The molecule has 1 unspecified atom stereocenters. The van der Waals surface area contributed by atoms with Gasteiger partial charge in [0.05, 0.1) is 6.61 Å². The van der Waals surface area contributed by atoms with Gasteiger partial charge in [0, 0.05) is 17.6 Å². The lowest BCUT2D eigenvalue weighted by molar-refractivity contribution is 0.0536. The second kappa shape index (κ2) is 5.80. The number of halogens is 1. The minimum atomic E-state index is 0.00690. The van der Waals surface area contributed by atoms with Gasteiger partial charge in [0.25, 0.3) is 5.91 Å². The molecule has 1 aromatic rings. The smallest absolute Gasteiger partial charge is 0.262 e. The zero-order chi connectivity index (χ0) is 11.4. The van der Waals surface area contributed by atoms with Gasteiger partial charge < -0.3 is 10.1 Å². The van der Waals surface area contributed by atoms with Gasteiger partial charge in [-0.3, -0.25) is 4.79 Å². The van der Waals surface area contributed by atoms with Crippen molar-refractivity contribution in [3.8, 4) is 0 Å². The van der Waals surface area contributed by atoms with E-state index in [0.717, 1.165) is 35.4 Å². The Morgan fingerprint density at radius 3 is 3.19 bits per heavy atom. The third-order valence-electron chi connectivity index (χ3n) is 2.63. The van der Waals surface area contributed by atoms with E-state index in [1.54, 1.807) is 0 Å². The van der Waals surface area contributed by atoms with E-state index in [1.807, 2.05) is 11.4 Å². The van der Waals surface area contributed by atoms with Crippen molar-refractivity contribution in [2.24, 2.45) is 5.92 Å². The lowest BCUT2D eigenvalue weighted by Crippen LogP contribution is -2.32. The molecule has 1 atom stereocenters. The molecule has 1 saturated heterocycles. The maximum Gasteiger partial charge on any atom is 0.262 e. The minimum absolute atomic E-state index is 0.00690. The molecule has 3 nitrogen and oxygen atoms in total. The van der Waals surface area contributed by atoms with Crippen LogP contribution < -0.4 is 5.32 Å². The summed E-state index contributed by atoms with van der Waals surface area (Å²) in [5, 5.41) is 4.86. The van der Waals surface area contributed by atoms with Gasteiger partial charge in [-0.05, 0) is 46.1 Å². The van der Waals surface area contributed by atoms with Crippen LogP contribution in [0.1, 0.15) is 22.5 Å². The van der Waals surface area contributed by atoms with E-state index in [0.29, 0.717) is 12.5 Å². The first-order chi connectivity index (χ1) is 7.77. The first-order valence-corrected chi connectivity index (χ1v) is 7.03. The van der Waals surface area contributed by atoms with E-state index in [9.17, 15) is 4.79 Å². The molecule has 1 aromatic heterocycles. The summed E-state index contributed by atoms with van der Waals surface area (Å²) in [7, 11) is 0. The van der Waals surface area contributed by atoms with Crippen molar-refractivity contribution in [2.75, 3.05) is 19.8 Å². The minimum Gasteiger partial charge on any atom is -0.381 e. The molecular formula is C11H14BrNO2S. The molecule has 1 fully saturated rings. The fraction of sp³-hybridized carbons (Fsp3) is 0.545. The van der Waals surface area contributed by atoms with Gasteiger partial charge in [-0.1, -0.05) is 0 Å². The summed E-state index contributed by atoms with van der Waals surface area (Å²) in [5.41, 5.74) is 0. The predicted octanol–water partition coefficient (Wildman–Crippen LogP) is 2.67. The normalized spacial score (nSPS) is 20.7. The van der Waals surface area contributed by atoms with Gasteiger partial charge >= 0.3 is 0 Å². The average Bonchev–Trinajstić information content (AvgIpc) is 2.74. The van der Waals surface area contributed by atoms with Crippen LogP contribution in [-0.2, 0) is 4.74 Å². The van der Waals surface area contributed by atoms with E-state index in [4.69, 9.17) is 4.74 Å². The zero-order valence-electron chi connectivity index (χ0n) is 8.87. The van der Waals surface area contributed by atoms with Crippen LogP contribution in [0.2, 0.25) is 0 Å². The van der Waals surface area contributed by atoms with Crippen molar-refractivity contribution >= 4 is 33.2 Å². The number of ether oxygens (including phenoxy) is 1. The maximum atomic E-state index is 11.8. The molecular weight excluding hydrogens is 290 g/mol. The van der Waals surface area contributed by atoms with Crippen molar-refractivity contribution < 1.29 is 9.53 Å². The summed E-state index contributed by atoms with van der Waals surface area (Å²) in [5.74, 6) is 0.476. The molecule has 1 N–H and O–H groups in total. The summed E-state index contributed by atoms with van der Waals surface area (Å²) in [6.45, 7) is 2.34. The first-order valence-electron chi connectivity index (χ1n) is 5.36. The Morgan fingerprint density at radius 2 is 2.56 bits per heavy atom. The predicted molar refractivity (Wildman–Crippen MR) is 67.9 cm³/mol. The monoisotopic (exact) mass is 303 g/mol. The summed E-state index contributed by atoms with van der Waals surface area (Å²) in [6, 6.07) is 1.89. The third-order valence-corrected chi connectivity index (χ3v) is 4.47. The van der Waals surface area contributed by atoms with Crippen LogP contribution in [0.5, 0.6) is 0 Å². The SMILES string of the molecule is O=C(NCC1CCCOC1)c1sccc1Br. The fourth-order valence-corrected chi connectivity index (χ4v) is 3.21. The summed E-state index contributed by atoms with van der Waals surface area (Å²) >= 11 is 4.81. The lowest BCUT2D eigenvalue weighted by atomic mass is 10.0. The van der Waals surface area contributed by atoms with Crippen LogP contribution in [0.15, 0.2) is 15.9 Å². The number of hydrogen-bond acceptors (Lipinski definition) is 3. The van der Waals surface area contributed by atoms with Gasteiger partial charge in [0.2, 0.25) is 0 Å². The van der Waals surface area contributed by atoms with Crippen LogP contribution in [0.25, 0.3) is 0 Å². The molecule has 0 saturated carbocycles. The molecule has 16 heavy (non-hydrogen) atoms. The highest BCUT2D eigenvalue weighted by Crippen LogP contribution is 2.22. The molecule has 0 spiro atoms. The molecule has 5 heteroatoms. The van der Waals surface area contributed by atoms with Crippen molar-refractivity contribution in [3.63, 3.8) is 0 Å². The molecule has 0 aliphatic carbocycles. The van der Waals surface area contributed by atoms with Gasteiger partial charge in [-0.15, -0.1) is 11.3 Å². The Hall–Kier alpha value is -0.390. The zero-order valence-corrected chi connectivity index (χ0v) is 11.3. The summed E-state index contributed by atoms with van der Waals surface area (Å²) < 4.78 is 6.24. The second-order valence-corrected chi connectivity index (χ2v) is 5.66. The topological polar surface area (TPSA) is 38.3 Å². The van der Waals surface area contributed by atoms with Gasteiger partial charge in [-0.2, -0.15) is 0 Å². The number of hydrogen-bond donors (Lipinski definition) is 1. The molecule has 0 aromatic carbocycles. The highest BCUT2D eigenvalue weighted by Gasteiger charge is 2.16. The van der Waals surface area contributed by atoms with Gasteiger partial charge in [0.15, 0.2) is 0 Å². The Balaban J connectivity index is 1.81. The fourth-order valence-electron chi connectivity index (χ4n) is 1.74. The van der Waals surface area contributed by atoms with Crippen molar-refractivity contribution in [1.29, 1.82) is 0 Å². The summed E-state index contributed by atoms with van der Waals surface area (Å²) in [4.78, 5) is 12.5. The standard InChI is InChI=1S/C11H14BrNO2S/c12-9-3-5-16-10(9)11(14)13-6-8-2-1-4-15-7-8/h3,5,8H,1-2,4,6-7H2,(H,13,14). The summed E-state index contributed by atoms with van der Waals surface area (Å²) in [6.07, 6.45) is 2.25. The second-order valence-electron chi connectivity index (χ2n) is 3.89. The van der Waals surface area contributed by atoms with Crippen molar-refractivity contribution in [3.05, 3.63) is 20.8 Å². The number of carbonyl (C=O) groups is 1. The molecule has 88 valence electrons. The Morgan fingerprint density at radius 1 is 1.69 bits per heavy atom. The average molecular weight is 304 g/mol. The highest BCUT2D eigenvalue weighted by molar-refractivity contribution is 9.10. The molecule has 1 amide bonds. The Bertz CT molecular complexity index is 361. The van der Waals surface area contributed by atoms with Crippen LogP contribution in [0.3, 0.4) is 0 Å². The van der Waals surface area contributed by atoms with Crippen molar-refractivity contribution in [2.45, 2.75) is 12.8 Å². The molecule has 0 radical (unpaired) electrons. The van der Waals surface area contributed by atoms with Crippen LogP contribution in [-0.4, -0.2) is 25.7 Å². The van der Waals surface area contributed by atoms with E-state index in [2.05, 4.69) is 21.2 Å². The maximum absolute atomic E-state index is 11.8. The largest absolute Gasteiger partial charge is 0.381 e. The van der Waals surface area contributed by atoms with E-state index < -0.39 is 0 Å². The Kier molecular flexibility index (Phi) is 4.37. The number of rotatable bonds is 3. The van der Waals surface area contributed by atoms with Crippen LogP contribution in [0.4, 0.5) is 0 Å². The van der Waals surface area contributed by atoms with Crippen LogP contribution >= 0.6 is 27.3 Å². The van der Waals surface area contributed by atoms with Crippen molar-refractivity contribution in [1.82, 2.24) is 5.32 Å². The number of carbonyl (C=O) groups excluding carboxylic acids is 1. The van der Waals surface area contributed by atoms with Gasteiger partial charge in [-0.25, -0.2) is 0 Å². The number of amides is 1. The number of thiophene rings is 1. The molecule has 1 aliphatic heterocycles. The Labute approximate surface area is 107 Å². The third kappa shape index (κ3) is 3.06. The van der Waals surface area contributed by atoms with E-state index in [1.165, 1.54) is 11.3 Å². The van der Waals surface area contributed by atoms with E-state index in [-0.39, 0.29) is 5.91 Å². The lowest BCUT2D eigenvalue weighted by Gasteiger charge is -2.22. The molecule has 2 heterocycles. The molecule has 1 aliphatic rings. The van der Waals surface area contributed by atoms with E-state index >= 15 is 0 Å². The van der Waals surface area contributed by atoms with Crippen LogP contribution in [0, 0.1) is 5.92 Å². The quantitative estimate of drug-likeness (QED) is 0.932. The molecule has 0 bridgehead atoms. The number of nitrogens with one attached hydrogen (secondary N) is 1. The first kappa shape index (κ1) is 12.1. The molecule has 2 rings (SSSR count). The highest BCUT2D eigenvalue weighted by atomic mass is 79.9. The van der Waals surface area contributed by atoms with Gasteiger partial charge in [0.1, 0.15) is 4.88 Å².